The number of ether oxygens (including phenoxy) is 1. The molecule has 9 rings (SSSR count). The number of hydrogen-bond donors (Lipinski definition) is 2. The fourth-order valence-electron chi connectivity index (χ4n) is 8.92. The van der Waals surface area contributed by atoms with Crippen LogP contribution in [-0.2, 0) is 21.5 Å². The first kappa shape index (κ1) is 42.2. The molecular weight excluding hydrogens is 840 g/mol. The Morgan fingerprint density at radius 1 is 1.06 bits per heavy atom. The van der Waals surface area contributed by atoms with Crippen molar-refractivity contribution in [2.75, 3.05) is 13.2 Å². The van der Waals surface area contributed by atoms with Crippen molar-refractivity contribution < 1.29 is 24.0 Å². The Bertz CT molecular complexity index is 2940. The number of benzene rings is 3. The smallest absolute Gasteiger partial charge is 0.282 e. The number of nitrogens with zero attached hydrogens (tertiary/aromatic N) is 7. The van der Waals surface area contributed by atoms with Gasteiger partial charge < -0.3 is 24.6 Å². The highest BCUT2D eigenvalue weighted by Crippen LogP contribution is 2.44. The van der Waals surface area contributed by atoms with Gasteiger partial charge in [0.25, 0.3) is 11.4 Å². The van der Waals surface area contributed by atoms with Crippen LogP contribution in [0.2, 0.25) is 5.02 Å². The van der Waals surface area contributed by atoms with E-state index in [1.807, 2.05) is 86.4 Å². The van der Waals surface area contributed by atoms with Crippen molar-refractivity contribution in [3.8, 4) is 33.1 Å². The van der Waals surface area contributed by atoms with Gasteiger partial charge in [0.1, 0.15) is 24.4 Å². The van der Waals surface area contributed by atoms with Crippen LogP contribution < -0.4 is 15.6 Å². The summed E-state index contributed by atoms with van der Waals surface area (Å²) in [6.07, 6.45) is 3.01. The fraction of sp³-hybridized carbons (Fsp3) is 0.340. The number of rotatable bonds is 12. The van der Waals surface area contributed by atoms with Crippen LogP contribution in [0.5, 0.6) is 5.88 Å². The van der Waals surface area contributed by atoms with E-state index >= 15 is 0 Å². The summed E-state index contributed by atoms with van der Waals surface area (Å²) in [5.41, 5.74) is 8.46. The number of carbonyl (C=O) groups excluding carboxylic acids is 2. The molecule has 14 nitrogen and oxygen atoms in total. The van der Waals surface area contributed by atoms with Gasteiger partial charge in [0.15, 0.2) is 5.76 Å². The first-order valence-electron chi connectivity index (χ1n) is 21.0. The van der Waals surface area contributed by atoms with E-state index in [1.54, 1.807) is 34.3 Å². The Kier molecular flexibility index (Phi) is 11.1. The van der Waals surface area contributed by atoms with E-state index in [0.717, 1.165) is 44.1 Å². The van der Waals surface area contributed by atoms with E-state index in [0.29, 0.717) is 34.1 Å². The minimum Gasteiger partial charge on any atom is -0.474 e. The molecule has 2 aliphatic heterocycles. The predicted molar refractivity (Wildman–Crippen MR) is 240 cm³/mol. The lowest BCUT2D eigenvalue weighted by Gasteiger charge is -2.29. The maximum absolute atomic E-state index is 14.2. The maximum atomic E-state index is 14.2. The van der Waals surface area contributed by atoms with Crippen molar-refractivity contribution in [1.29, 1.82) is 0 Å². The van der Waals surface area contributed by atoms with Gasteiger partial charge in [-0.05, 0) is 79.2 Å². The third-order valence-corrected chi connectivity index (χ3v) is 13.6. The molecule has 1 fully saturated rings. The quantitative estimate of drug-likeness (QED) is 0.124. The number of aromatic nitrogens is 6. The standard InChI is InChI=1S/C47H47ClN8O6S/c1-25(2)40(45(60)55-23-32(57)19-37(55)43(58)51-26(3)28-10-12-29(13-11-28)42-27(4)49-24-63-42)38-20-39(53-62-38)61-17-16-54-22-31(21-50-54)30-14-15-33-36(18-30)56-35-9-7-8-34(48)41(35)44(59)52-46(56)47(33,5)6/h7-15,18,20-22,24-26,32,37,40,57H,16-17,19,23H2,1-6H3,(H,51,58)/t26-,32+,37-,40+/m0/s1. The molecule has 6 heterocycles. The van der Waals surface area contributed by atoms with Gasteiger partial charge in [0.2, 0.25) is 11.8 Å². The molecule has 0 saturated carbocycles. The maximum Gasteiger partial charge on any atom is 0.282 e. The van der Waals surface area contributed by atoms with Gasteiger partial charge in [-0.2, -0.15) is 10.1 Å². The van der Waals surface area contributed by atoms with Gasteiger partial charge in [0.05, 0.1) is 68.0 Å². The molecule has 4 atom stereocenters. The van der Waals surface area contributed by atoms with E-state index < -0.39 is 23.5 Å². The monoisotopic (exact) mass is 886 g/mol. The molecule has 0 spiro atoms. The van der Waals surface area contributed by atoms with Crippen molar-refractivity contribution in [1.82, 2.24) is 39.7 Å². The molecule has 16 heteroatoms. The average molecular weight is 887 g/mol. The van der Waals surface area contributed by atoms with E-state index in [4.69, 9.17) is 20.9 Å². The summed E-state index contributed by atoms with van der Waals surface area (Å²) in [7, 11) is 0. The van der Waals surface area contributed by atoms with Crippen molar-refractivity contribution >= 4 is 45.7 Å². The molecule has 0 radical (unpaired) electrons. The lowest BCUT2D eigenvalue weighted by atomic mass is 9.85. The molecule has 2 N–H and O–H groups in total. The molecule has 0 bridgehead atoms. The van der Waals surface area contributed by atoms with Crippen LogP contribution in [0.1, 0.15) is 81.4 Å². The molecule has 0 unspecified atom stereocenters. The number of thiazole rings is 1. The Morgan fingerprint density at radius 3 is 2.59 bits per heavy atom. The summed E-state index contributed by atoms with van der Waals surface area (Å²) in [6.45, 7) is 12.5. The van der Waals surface area contributed by atoms with E-state index in [2.05, 4.69) is 51.5 Å². The van der Waals surface area contributed by atoms with Gasteiger partial charge in [-0.15, -0.1) is 11.3 Å². The second kappa shape index (κ2) is 16.5. The summed E-state index contributed by atoms with van der Waals surface area (Å²) < 4.78 is 15.5. The molecule has 3 aromatic carbocycles. The number of likely N-dealkylation sites (tertiary alicyclic amines) is 1. The van der Waals surface area contributed by atoms with Crippen LogP contribution in [0.25, 0.3) is 38.2 Å². The molecule has 2 aliphatic rings. The summed E-state index contributed by atoms with van der Waals surface area (Å²) in [6, 6.07) is 20.1. The minimum absolute atomic E-state index is 0.0294. The summed E-state index contributed by atoms with van der Waals surface area (Å²) in [5, 5.41) is 23.2. The number of nitrogens with one attached hydrogen (secondary N) is 1. The normalized spacial score (nSPS) is 17.5. The zero-order valence-corrected chi connectivity index (χ0v) is 37.3. The summed E-state index contributed by atoms with van der Waals surface area (Å²) >= 11 is 8.06. The van der Waals surface area contributed by atoms with E-state index in [1.165, 1.54) is 4.90 Å². The number of aryl methyl sites for hydroxylation is 1. The largest absolute Gasteiger partial charge is 0.474 e. The fourth-order valence-corrected chi connectivity index (χ4v) is 9.98. The van der Waals surface area contributed by atoms with Crippen LogP contribution in [0.15, 0.2) is 94.0 Å². The number of amides is 2. The topological polar surface area (TPSA) is 170 Å². The zero-order valence-electron chi connectivity index (χ0n) is 35.7. The van der Waals surface area contributed by atoms with Gasteiger partial charge in [0, 0.05) is 30.8 Å². The number of aliphatic hydroxyl groups is 1. The molecule has 63 heavy (non-hydrogen) atoms. The van der Waals surface area contributed by atoms with Crippen LogP contribution in [-0.4, -0.2) is 76.6 Å². The van der Waals surface area contributed by atoms with Crippen LogP contribution >= 0.6 is 22.9 Å². The third-order valence-electron chi connectivity index (χ3n) is 12.3. The number of carbonyl (C=O) groups is 2. The lowest BCUT2D eigenvalue weighted by molar-refractivity contribution is -0.141. The second-order valence-corrected chi connectivity index (χ2v) is 18.5. The molecular formula is C47H47ClN8O6S. The number of hydrogen-bond acceptors (Lipinski definition) is 11. The Hall–Kier alpha value is -6.16. The minimum atomic E-state index is -0.853. The van der Waals surface area contributed by atoms with Crippen LogP contribution in [0.4, 0.5) is 0 Å². The molecule has 1 saturated heterocycles. The zero-order chi connectivity index (χ0) is 44.3. The molecule has 0 aliphatic carbocycles. The summed E-state index contributed by atoms with van der Waals surface area (Å²) in [4.78, 5) is 52.4. The highest BCUT2D eigenvalue weighted by Gasteiger charge is 2.44. The van der Waals surface area contributed by atoms with Gasteiger partial charge in [-0.1, -0.05) is 67.9 Å². The number of β-amino-alcohol motifs (C(OH)–C–C–N with tert-alkyl or cyclic N) is 1. The summed E-state index contributed by atoms with van der Waals surface area (Å²) in [5.74, 6) is -0.443. The van der Waals surface area contributed by atoms with Crippen LogP contribution in [0.3, 0.4) is 0 Å². The first-order valence-corrected chi connectivity index (χ1v) is 22.2. The van der Waals surface area contributed by atoms with E-state index in [-0.39, 0.29) is 54.8 Å². The van der Waals surface area contributed by atoms with E-state index in [9.17, 15) is 19.5 Å². The highest BCUT2D eigenvalue weighted by molar-refractivity contribution is 7.13. The Balaban J connectivity index is 0.844. The number of fused-ring (bicyclic) bond motifs is 5. The first-order chi connectivity index (χ1) is 30.2. The van der Waals surface area contributed by atoms with Crippen molar-refractivity contribution in [3.05, 3.63) is 128 Å². The second-order valence-electron chi connectivity index (χ2n) is 17.2. The van der Waals surface area contributed by atoms with Gasteiger partial charge >= 0.3 is 0 Å². The number of halogens is 1. The average Bonchev–Trinajstić information content (AvgIpc) is 4.11. The van der Waals surface area contributed by atoms with Crippen LogP contribution in [0, 0.1) is 12.8 Å². The Labute approximate surface area is 372 Å². The van der Waals surface area contributed by atoms with Crippen molar-refractivity contribution in [2.24, 2.45) is 5.92 Å². The SMILES string of the molecule is Cc1ncsc1-c1ccc([C@H](C)NC(=O)[C@@H]2C[C@@H](O)CN2C(=O)[C@@H](c2cc(OCCn3cc(-c4ccc5c(c4)-n4c(nc(=O)c6c(Cl)cccc64)C5(C)C)cn3)no2)C(C)C)cc1. The van der Waals surface area contributed by atoms with Gasteiger partial charge in [-0.3, -0.25) is 23.6 Å². The lowest BCUT2D eigenvalue weighted by Crippen LogP contribution is -2.48. The molecule has 324 valence electrons. The van der Waals surface area contributed by atoms with Crippen molar-refractivity contribution in [2.45, 2.75) is 84.0 Å². The number of aliphatic hydroxyl groups excluding tert-OH is 1. The molecule has 2 amide bonds. The predicted octanol–water partition coefficient (Wildman–Crippen LogP) is 7.62. The van der Waals surface area contributed by atoms with Gasteiger partial charge in [-0.25, -0.2) is 4.98 Å². The molecule has 7 aromatic rings. The highest BCUT2D eigenvalue weighted by atomic mass is 35.5. The third kappa shape index (κ3) is 7.72. The molecule has 4 aromatic heterocycles. The van der Waals surface area contributed by atoms with Crippen molar-refractivity contribution in [3.63, 3.8) is 0 Å². The Morgan fingerprint density at radius 2 is 1.84 bits per heavy atom.